The summed E-state index contributed by atoms with van der Waals surface area (Å²) in [6, 6.07) is 34.5. The van der Waals surface area contributed by atoms with Gasteiger partial charge < -0.3 is 13.9 Å². The molecule has 1 aromatic heterocycles. The minimum absolute atomic E-state index is 0.357. The molecule has 168 valence electrons. The average Bonchev–Trinajstić information content (AvgIpc) is 3.29. The molecular weight excluding hydrogens is 417 g/mol. The first-order chi connectivity index (χ1) is 16.3. The zero-order valence-electron chi connectivity index (χ0n) is 20.1. The van der Waals surface area contributed by atoms with Crippen molar-refractivity contribution in [1.82, 2.24) is 4.57 Å². The third-order valence-electron chi connectivity index (χ3n) is 7.43. The molecule has 0 unspecified atom stereocenters. The van der Waals surface area contributed by atoms with Gasteiger partial charge in [-0.25, -0.2) is 0 Å². The summed E-state index contributed by atoms with van der Waals surface area (Å²) in [5.41, 5.74) is 6.22. The number of nitrogens with zero attached hydrogens (tertiary/aromatic N) is 1. The van der Waals surface area contributed by atoms with Crippen molar-refractivity contribution >= 4 is 34.4 Å². The van der Waals surface area contributed by atoms with Crippen LogP contribution < -0.4 is 5.46 Å². The van der Waals surface area contributed by atoms with Crippen LogP contribution in [-0.2, 0) is 9.31 Å². The van der Waals surface area contributed by atoms with Crippen LogP contribution in [0.2, 0.25) is 0 Å². The maximum atomic E-state index is 6.29. The van der Waals surface area contributed by atoms with E-state index in [0.717, 1.165) is 22.3 Å². The minimum atomic E-state index is -0.370. The molecule has 2 heterocycles. The first-order valence-corrected chi connectivity index (χ1v) is 11.9. The molecule has 6 rings (SSSR count). The molecule has 1 fully saturated rings. The predicted octanol–water partition coefficient (Wildman–Crippen LogP) is 6.75. The quantitative estimate of drug-likeness (QED) is 0.287. The lowest BCUT2D eigenvalue weighted by molar-refractivity contribution is 0.00578. The van der Waals surface area contributed by atoms with Crippen LogP contribution in [0.15, 0.2) is 97.1 Å². The highest BCUT2D eigenvalue weighted by Gasteiger charge is 2.51. The smallest absolute Gasteiger partial charge is 0.399 e. The summed E-state index contributed by atoms with van der Waals surface area (Å²) in [5.74, 6) is 0. The zero-order valence-corrected chi connectivity index (χ0v) is 20.1. The minimum Gasteiger partial charge on any atom is -0.399 e. The standard InChI is InChI=1S/C30H28BNO2/c1-29(2)30(3,4)34-31(33-29)23-13-9-11-21(19-23)22-12-10-14-24(20-22)32-27-17-7-5-15-25(27)26-16-6-8-18-28(26)32/h5-20H,1-4H3. The van der Waals surface area contributed by atoms with Gasteiger partial charge in [-0.05, 0) is 68.6 Å². The zero-order chi connectivity index (χ0) is 23.5. The van der Waals surface area contributed by atoms with Crippen molar-refractivity contribution < 1.29 is 9.31 Å². The Morgan fingerprint density at radius 2 is 1.12 bits per heavy atom. The Labute approximate surface area is 201 Å². The monoisotopic (exact) mass is 445 g/mol. The number of para-hydroxylation sites is 2. The van der Waals surface area contributed by atoms with Gasteiger partial charge in [0.2, 0.25) is 0 Å². The van der Waals surface area contributed by atoms with E-state index >= 15 is 0 Å². The summed E-state index contributed by atoms with van der Waals surface area (Å²) in [6.45, 7) is 8.36. The van der Waals surface area contributed by atoms with Gasteiger partial charge in [-0.15, -0.1) is 0 Å². The van der Waals surface area contributed by atoms with Gasteiger partial charge in [0.1, 0.15) is 0 Å². The van der Waals surface area contributed by atoms with E-state index in [-0.39, 0.29) is 18.3 Å². The highest BCUT2D eigenvalue weighted by Crippen LogP contribution is 2.37. The summed E-state index contributed by atoms with van der Waals surface area (Å²) < 4.78 is 14.9. The molecule has 0 saturated carbocycles. The van der Waals surface area contributed by atoms with E-state index in [1.54, 1.807) is 0 Å². The van der Waals surface area contributed by atoms with Gasteiger partial charge in [-0.2, -0.15) is 0 Å². The van der Waals surface area contributed by atoms with E-state index in [9.17, 15) is 0 Å². The predicted molar refractivity (Wildman–Crippen MR) is 142 cm³/mol. The van der Waals surface area contributed by atoms with E-state index in [1.807, 2.05) is 0 Å². The van der Waals surface area contributed by atoms with Gasteiger partial charge in [-0.3, -0.25) is 0 Å². The van der Waals surface area contributed by atoms with Gasteiger partial charge >= 0.3 is 7.12 Å². The molecule has 4 aromatic carbocycles. The fraction of sp³-hybridized carbons (Fsp3) is 0.200. The third-order valence-corrected chi connectivity index (χ3v) is 7.43. The van der Waals surface area contributed by atoms with E-state index in [2.05, 4.69) is 129 Å². The summed E-state index contributed by atoms with van der Waals surface area (Å²) in [7, 11) is -0.370. The van der Waals surface area contributed by atoms with Crippen LogP contribution in [0.25, 0.3) is 38.6 Å². The van der Waals surface area contributed by atoms with Gasteiger partial charge in [0, 0.05) is 16.5 Å². The Morgan fingerprint density at radius 1 is 0.588 bits per heavy atom. The lowest BCUT2D eigenvalue weighted by Crippen LogP contribution is -2.41. The molecule has 0 N–H and O–H groups in total. The second-order valence-corrected chi connectivity index (χ2v) is 10.1. The fourth-order valence-corrected chi connectivity index (χ4v) is 4.87. The average molecular weight is 445 g/mol. The molecule has 4 heteroatoms. The maximum Gasteiger partial charge on any atom is 0.494 e. The molecule has 5 aromatic rings. The fourth-order valence-electron chi connectivity index (χ4n) is 4.87. The summed E-state index contributed by atoms with van der Waals surface area (Å²) in [6.07, 6.45) is 0. The number of benzene rings is 4. The summed E-state index contributed by atoms with van der Waals surface area (Å²) in [4.78, 5) is 0. The van der Waals surface area contributed by atoms with Crippen LogP contribution in [0, 0.1) is 0 Å². The molecule has 1 aliphatic heterocycles. The van der Waals surface area contributed by atoms with Gasteiger partial charge in [-0.1, -0.05) is 72.8 Å². The van der Waals surface area contributed by atoms with Crippen molar-refractivity contribution in [2.45, 2.75) is 38.9 Å². The SMILES string of the molecule is CC1(C)OB(c2cccc(-c3cccc(-n4c5ccccc5c5ccccc54)c3)c2)OC1(C)C. The van der Waals surface area contributed by atoms with Crippen LogP contribution in [-0.4, -0.2) is 22.9 Å². The van der Waals surface area contributed by atoms with Crippen LogP contribution in [0.4, 0.5) is 0 Å². The molecule has 0 radical (unpaired) electrons. The number of hydrogen-bond acceptors (Lipinski definition) is 2. The number of fused-ring (bicyclic) bond motifs is 3. The third kappa shape index (κ3) is 3.29. The Bertz CT molecular complexity index is 1460. The van der Waals surface area contributed by atoms with Gasteiger partial charge in [0.05, 0.1) is 22.2 Å². The normalized spacial score (nSPS) is 17.0. The maximum absolute atomic E-state index is 6.29. The molecule has 0 atom stereocenters. The van der Waals surface area contributed by atoms with Crippen molar-refractivity contribution in [2.75, 3.05) is 0 Å². The van der Waals surface area contributed by atoms with E-state index in [4.69, 9.17) is 9.31 Å². The van der Waals surface area contributed by atoms with Crippen LogP contribution in [0.5, 0.6) is 0 Å². The van der Waals surface area contributed by atoms with Crippen molar-refractivity contribution in [3.8, 4) is 16.8 Å². The van der Waals surface area contributed by atoms with Crippen molar-refractivity contribution in [2.24, 2.45) is 0 Å². The lowest BCUT2D eigenvalue weighted by atomic mass is 9.78. The van der Waals surface area contributed by atoms with Crippen LogP contribution in [0.3, 0.4) is 0 Å². The van der Waals surface area contributed by atoms with Gasteiger partial charge in [0.25, 0.3) is 0 Å². The highest BCUT2D eigenvalue weighted by molar-refractivity contribution is 6.62. The molecule has 1 saturated heterocycles. The Kier molecular flexibility index (Phi) is 4.74. The highest BCUT2D eigenvalue weighted by atomic mass is 16.7. The lowest BCUT2D eigenvalue weighted by Gasteiger charge is -2.32. The van der Waals surface area contributed by atoms with Gasteiger partial charge in [0.15, 0.2) is 0 Å². The van der Waals surface area contributed by atoms with E-state index in [1.165, 1.54) is 21.8 Å². The number of aromatic nitrogens is 1. The first-order valence-electron chi connectivity index (χ1n) is 11.9. The molecule has 1 aliphatic rings. The van der Waals surface area contributed by atoms with E-state index < -0.39 is 0 Å². The summed E-state index contributed by atoms with van der Waals surface area (Å²) in [5, 5.41) is 2.54. The molecule has 0 bridgehead atoms. The largest absolute Gasteiger partial charge is 0.494 e. The topological polar surface area (TPSA) is 23.4 Å². The van der Waals surface area contributed by atoms with Crippen LogP contribution in [0.1, 0.15) is 27.7 Å². The Balaban J connectivity index is 1.44. The Morgan fingerprint density at radius 3 is 1.74 bits per heavy atom. The number of hydrogen-bond donors (Lipinski definition) is 0. The van der Waals surface area contributed by atoms with Crippen molar-refractivity contribution in [3.05, 3.63) is 97.1 Å². The van der Waals surface area contributed by atoms with Crippen LogP contribution >= 0.6 is 0 Å². The molecule has 0 spiro atoms. The molecule has 34 heavy (non-hydrogen) atoms. The van der Waals surface area contributed by atoms with Crippen molar-refractivity contribution in [3.63, 3.8) is 0 Å². The second-order valence-electron chi connectivity index (χ2n) is 10.1. The summed E-state index contributed by atoms with van der Waals surface area (Å²) >= 11 is 0. The second kappa shape index (κ2) is 7.59. The molecular formula is C30H28BNO2. The first kappa shape index (κ1) is 21.2. The molecule has 0 aliphatic carbocycles. The number of rotatable bonds is 3. The van der Waals surface area contributed by atoms with E-state index in [0.29, 0.717) is 0 Å². The molecule has 0 amide bonds. The molecule has 3 nitrogen and oxygen atoms in total. The van der Waals surface area contributed by atoms with Crippen molar-refractivity contribution in [1.29, 1.82) is 0 Å². The Hall–Kier alpha value is -3.34.